The predicted octanol–water partition coefficient (Wildman–Crippen LogP) is 2.89. The Morgan fingerprint density at radius 2 is 2.07 bits per heavy atom. The Balaban J connectivity index is 2.39. The Bertz CT molecular complexity index is 378. The number of hydrogen-bond acceptors (Lipinski definition) is 2. The predicted molar refractivity (Wildman–Crippen MR) is 57.0 cm³/mol. The van der Waals surface area contributed by atoms with Crippen molar-refractivity contribution in [2.24, 2.45) is 11.1 Å². The fourth-order valence-corrected chi connectivity index (χ4v) is 1.81. The molecule has 0 bridgehead atoms. The maximum absolute atomic E-state index is 8.97. The van der Waals surface area contributed by atoms with Crippen LogP contribution in [0.3, 0.4) is 0 Å². The number of aryl methyl sites for hydroxylation is 2. The molecule has 0 atom stereocenters. The van der Waals surface area contributed by atoms with Crippen molar-refractivity contribution in [2.75, 3.05) is 0 Å². The fraction of sp³-hybridized carbons (Fsp3) is 0.417. The molecule has 1 aromatic carbocycles. The second kappa shape index (κ2) is 3.45. The summed E-state index contributed by atoms with van der Waals surface area (Å²) in [6.07, 6.45) is 2.32. The van der Waals surface area contributed by atoms with Crippen LogP contribution in [0.5, 0.6) is 0 Å². The van der Waals surface area contributed by atoms with Gasteiger partial charge in [-0.05, 0) is 32.3 Å². The molecule has 1 aliphatic carbocycles. The quantitative estimate of drug-likeness (QED) is 0.433. The highest BCUT2D eigenvalue weighted by Crippen LogP contribution is 2.34. The highest BCUT2D eigenvalue weighted by Gasteiger charge is 2.29. The van der Waals surface area contributed by atoms with Crippen LogP contribution in [-0.4, -0.2) is 10.9 Å². The molecule has 0 aromatic heterocycles. The highest BCUT2D eigenvalue weighted by molar-refractivity contribution is 6.04. The molecule has 1 N–H and O–H groups in total. The lowest BCUT2D eigenvalue weighted by molar-refractivity contribution is 0.317. The zero-order chi connectivity index (χ0) is 10.1. The van der Waals surface area contributed by atoms with E-state index in [4.69, 9.17) is 5.21 Å². The molecule has 0 amide bonds. The lowest BCUT2D eigenvalue weighted by atomic mass is 9.99. The van der Waals surface area contributed by atoms with E-state index in [0.717, 1.165) is 24.1 Å². The number of rotatable bonds is 2. The van der Waals surface area contributed by atoms with Gasteiger partial charge in [-0.25, -0.2) is 0 Å². The first kappa shape index (κ1) is 9.25. The third-order valence-electron chi connectivity index (χ3n) is 2.73. The minimum absolute atomic E-state index is 0.487. The molecule has 0 saturated heterocycles. The molecule has 0 spiro atoms. The first-order valence-electron chi connectivity index (χ1n) is 5.02. The van der Waals surface area contributed by atoms with Crippen molar-refractivity contribution in [1.29, 1.82) is 0 Å². The summed E-state index contributed by atoms with van der Waals surface area (Å²) >= 11 is 0. The smallest absolute Gasteiger partial charge is 0.0901 e. The van der Waals surface area contributed by atoms with Gasteiger partial charge in [-0.2, -0.15) is 0 Å². The van der Waals surface area contributed by atoms with Gasteiger partial charge in [0.2, 0.25) is 0 Å². The zero-order valence-electron chi connectivity index (χ0n) is 8.62. The average Bonchev–Trinajstić information content (AvgIpc) is 2.93. The SMILES string of the molecule is Cc1ccc(C(=NO)C2CC2)c(C)c1. The van der Waals surface area contributed by atoms with Crippen LogP contribution >= 0.6 is 0 Å². The van der Waals surface area contributed by atoms with E-state index in [1.165, 1.54) is 11.1 Å². The summed E-state index contributed by atoms with van der Waals surface area (Å²) in [4.78, 5) is 0. The second-order valence-corrected chi connectivity index (χ2v) is 4.08. The summed E-state index contributed by atoms with van der Waals surface area (Å²) in [7, 11) is 0. The third kappa shape index (κ3) is 1.65. The fourth-order valence-electron chi connectivity index (χ4n) is 1.81. The van der Waals surface area contributed by atoms with Crippen LogP contribution in [0.1, 0.15) is 29.5 Å². The first-order chi connectivity index (χ1) is 6.72. The van der Waals surface area contributed by atoms with Crippen molar-refractivity contribution >= 4 is 5.71 Å². The molecule has 1 aliphatic rings. The van der Waals surface area contributed by atoms with Crippen molar-refractivity contribution in [1.82, 2.24) is 0 Å². The molecule has 2 rings (SSSR count). The van der Waals surface area contributed by atoms with Gasteiger partial charge in [-0.15, -0.1) is 0 Å². The van der Waals surface area contributed by atoms with Gasteiger partial charge in [0.1, 0.15) is 0 Å². The first-order valence-corrected chi connectivity index (χ1v) is 5.02. The molecular weight excluding hydrogens is 174 g/mol. The normalized spacial score (nSPS) is 17.1. The number of benzene rings is 1. The van der Waals surface area contributed by atoms with Crippen LogP contribution in [0.15, 0.2) is 23.4 Å². The van der Waals surface area contributed by atoms with Gasteiger partial charge in [0.05, 0.1) is 5.71 Å². The summed E-state index contributed by atoms with van der Waals surface area (Å²) in [5, 5.41) is 12.4. The molecule has 14 heavy (non-hydrogen) atoms. The van der Waals surface area contributed by atoms with Gasteiger partial charge < -0.3 is 5.21 Å². The minimum Gasteiger partial charge on any atom is -0.411 e. The van der Waals surface area contributed by atoms with E-state index in [1.807, 2.05) is 0 Å². The zero-order valence-corrected chi connectivity index (χ0v) is 8.62. The molecule has 0 unspecified atom stereocenters. The van der Waals surface area contributed by atoms with Crippen molar-refractivity contribution in [3.63, 3.8) is 0 Å². The molecule has 0 heterocycles. The number of nitrogens with zero attached hydrogens (tertiary/aromatic N) is 1. The average molecular weight is 189 g/mol. The van der Waals surface area contributed by atoms with Gasteiger partial charge in [0.15, 0.2) is 0 Å². The molecule has 2 heteroatoms. The number of hydrogen-bond donors (Lipinski definition) is 1. The van der Waals surface area contributed by atoms with Crippen LogP contribution in [0.2, 0.25) is 0 Å². The lowest BCUT2D eigenvalue weighted by Gasteiger charge is -2.07. The highest BCUT2D eigenvalue weighted by atomic mass is 16.4. The van der Waals surface area contributed by atoms with Gasteiger partial charge in [-0.1, -0.05) is 28.9 Å². The summed E-state index contributed by atoms with van der Waals surface area (Å²) < 4.78 is 0. The van der Waals surface area contributed by atoms with E-state index in [1.54, 1.807) is 0 Å². The summed E-state index contributed by atoms with van der Waals surface area (Å²) in [5.41, 5.74) is 4.41. The van der Waals surface area contributed by atoms with Crippen molar-refractivity contribution in [3.05, 3.63) is 34.9 Å². The van der Waals surface area contributed by atoms with Gasteiger partial charge in [0.25, 0.3) is 0 Å². The van der Waals surface area contributed by atoms with E-state index in [2.05, 4.69) is 37.2 Å². The molecular formula is C12H15NO. The molecule has 2 nitrogen and oxygen atoms in total. The van der Waals surface area contributed by atoms with E-state index in [9.17, 15) is 0 Å². The maximum Gasteiger partial charge on any atom is 0.0901 e. The van der Waals surface area contributed by atoms with E-state index in [-0.39, 0.29) is 0 Å². The minimum atomic E-state index is 0.487. The Morgan fingerprint density at radius 1 is 1.36 bits per heavy atom. The van der Waals surface area contributed by atoms with Crippen LogP contribution in [0, 0.1) is 19.8 Å². The van der Waals surface area contributed by atoms with Crippen LogP contribution in [0.25, 0.3) is 0 Å². The Labute approximate surface area is 84.3 Å². The van der Waals surface area contributed by atoms with Crippen molar-refractivity contribution in [3.8, 4) is 0 Å². The van der Waals surface area contributed by atoms with Gasteiger partial charge in [-0.3, -0.25) is 0 Å². The second-order valence-electron chi connectivity index (χ2n) is 4.08. The maximum atomic E-state index is 8.97. The standard InChI is InChI=1S/C12H15NO/c1-8-3-6-11(9(2)7-8)12(13-14)10-4-5-10/h3,6-7,10,14H,4-5H2,1-2H3. The monoisotopic (exact) mass is 189 g/mol. The molecule has 0 aliphatic heterocycles. The topological polar surface area (TPSA) is 32.6 Å². The van der Waals surface area contributed by atoms with E-state index < -0.39 is 0 Å². The van der Waals surface area contributed by atoms with Crippen LogP contribution < -0.4 is 0 Å². The summed E-state index contributed by atoms with van der Waals surface area (Å²) in [5.74, 6) is 0.487. The largest absolute Gasteiger partial charge is 0.411 e. The van der Waals surface area contributed by atoms with E-state index >= 15 is 0 Å². The van der Waals surface area contributed by atoms with Crippen molar-refractivity contribution < 1.29 is 5.21 Å². The number of oxime groups is 1. The lowest BCUT2D eigenvalue weighted by Crippen LogP contribution is -2.05. The van der Waals surface area contributed by atoms with Crippen molar-refractivity contribution in [2.45, 2.75) is 26.7 Å². The van der Waals surface area contributed by atoms with E-state index in [0.29, 0.717) is 5.92 Å². The summed E-state index contributed by atoms with van der Waals surface area (Å²) in [6, 6.07) is 6.25. The van der Waals surface area contributed by atoms with Crippen LogP contribution in [-0.2, 0) is 0 Å². The Hall–Kier alpha value is -1.31. The Morgan fingerprint density at radius 3 is 2.57 bits per heavy atom. The Kier molecular flexibility index (Phi) is 2.28. The van der Waals surface area contributed by atoms with Gasteiger partial charge >= 0.3 is 0 Å². The van der Waals surface area contributed by atoms with Gasteiger partial charge in [0, 0.05) is 11.5 Å². The molecule has 1 fully saturated rings. The molecule has 0 radical (unpaired) electrons. The molecule has 1 aromatic rings. The third-order valence-corrected chi connectivity index (χ3v) is 2.73. The summed E-state index contributed by atoms with van der Waals surface area (Å²) in [6.45, 7) is 4.14. The molecule has 1 saturated carbocycles. The molecule has 74 valence electrons. The van der Waals surface area contributed by atoms with Crippen LogP contribution in [0.4, 0.5) is 0 Å².